The zero-order valence-corrected chi connectivity index (χ0v) is 11.1. The van der Waals surface area contributed by atoms with Crippen molar-refractivity contribution < 1.29 is 0 Å². The van der Waals surface area contributed by atoms with Crippen LogP contribution in [0.5, 0.6) is 0 Å². The van der Waals surface area contributed by atoms with Crippen LogP contribution in [0.4, 0.5) is 0 Å². The maximum atomic E-state index is 4.10. The molecule has 0 saturated carbocycles. The van der Waals surface area contributed by atoms with Crippen LogP contribution in [-0.4, -0.2) is 39.3 Å². The van der Waals surface area contributed by atoms with Crippen LogP contribution >= 0.6 is 11.3 Å². The molecule has 4 nitrogen and oxygen atoms in total. The molecule has 17 heavy (non-hydrogen) atoms. The third kappa shape index (κ3) is 3.64. The van der Waals surface area contributed by atoms with Crippen molar-refractivity contribution in [3.05, 3.63) is 35.0 Å². The fraction of sp³-hybridized carbons (Fsp3) is 0.500. The Morgan fingerprint density at radius 3 is 3.06 bits per heavy atom. The van der Waals surface area contributed by atoms with Gasteiger partial charge < -0.3 is 4.90 Å². The highest BCUT2D eigenvalue weighted by Crippen LogP contribution is 2.11. The molecule has 2 aromatic heterocycles. The van der Waals surface area contributed by atoms with E-state index in [4.69, 9.17) is 0 Å². The Labute approximate surface area is 106 Å². The lowest BCUT2D eigenvalue weighted by molar-refractivity contribution is 0.243. The normalized spacial score (nSPS) is 13.1. The van der Waals surface area contributed by atoms with Crippen molar-refractivity contribution in [3.63, 3.8) is 0 Å². The maximum absolute atomic E-state index is 4.10. The Bertz CT molecular complexity index is 410. The Morgan fingerprint density at radius 2 is 2.41 bits per heavy atom. The van der Waals surface area contributed by atoms with Crippen LogP contribution in [0.2, 0.25) is 0 Å². The highest BCUT2D eigenvalue weighted by Gasteiger charge is 2.10. The smallest absolute Gasteiger partial charge is 0.137 e. The number of likely N-dealkylation sites (N-methyl/N-ethyl adjacent to an activating group) is 1. The second kappa shape index (κ2) is 5.93. The van der Waals surface area contributed by atoms with Crippen LogP contribution in [0.15, 0.2) is 29.5 Å². The van der Waals surface area contributed by atoms with E-state index in [1.54, 1.807) is 24.0 Å². The van der Waals surface area contributed by atoms with Gasteiger partial charge in [0, 0.05) is 12.6 Å². The third-order valence-corrected chi connectivity index (χ3v) is 3.74. The first kappa shape index (κ1) is 12.3. The Kier molecular flexibility index (Phi) is 4.28. The Morgan fingerprint density at radius 1 is 1.53 bits per heavy atom. The van der Waals surface area contributed by atoms with Crippen LogP contribution in [-0.2, 0) is 13.0 Å². The molecule has 0 radical (unpaired) electrons. The highest BCUT2D eigenvalue weighted by atomic mass is 32.1. The fourth-order valence-electron chi connectivity index (χ4n) is 1.73. The highest BCUT2D eigenvalue weighted by molar-refractivity contribution is 7.07. The van der Waals surface area contributed by atoms with Crippen LogP contribution in [0, 0.1) is 0 Å². The van der Waals surface area contributed by atoms with E-state index < -0.39 is 0 Å². The first-order valence-electron chi connectivity index (χ1n) is 5.79. The van der Waals surface area contributed by atoms with E-state index in [0.717, 1.165) is 19.5 Å². The summed E-state index contributed by atoms with van der Waals surface area (Å²) in [5.41, 5.74) is 1.43. The average Bonchev–Trinajstić information content (AvgIpc) is 2.98. The van der Waals surface area contributed by atoms with Crippen molar-refractivity contribution in [3.8, 4) is 0 Å². The topological polar surface area (TPSA) is 34.0 Å². The van der Waals surface area contributed by atoms with Gasteiger partial charge in [-0.05, 0) is 42.8 Å². The summed E-state index contributed by atoms with van der Waals surface area (Å²) >= 11 is 1.76. The molecule has 92 valence electrons. The van der Waals surface area contributed by atoms with E-state index in [1.807, 2.05) is 4.68 Å². The predicted octanol–water partition coefficient (Wildman–Crippen LogP) is 1.90. The van der Waals surface area contributed by atoms with Crippen molar-refractivity contribution in [2.45, 2.75) is 25.9 Å². The van der Waals surface area contributed by atoms with E-state index in [1.165, 1.54) is 5.56 Å². The average molecular weight is 250 g/mol. The molecule has 0 N–H and O–H groups in total. The minimum atomic E-state index is 0.549. The molecule has 0 aliphatic heterocycles. The van der Waals surface area contributed by atoms with Gasteiger partial charge in [0.25, 0.3) is 0 Å². The van der Waals surface area contributed by atoms with Crippen LogP contribution in [0.25, 0.3) is 0 Å². The minimum Gasteiger partial charge on any atom is -0.302 e. The van der Waals surface area contributed by atoms with Crippen molar-refractivity contribution in [1.82, 2.24) is 19.7 Å². The number of aromatic nitrogens is 3. The van der Waals surface area contributed by atoms with Crippen LogP contribution in [0.3, 0.4) is 0 Å². The molecule has 1 atom stereocenters. The summed E-state index contributed by atoms with van der Waals surface area (Å²) in [6.45, 7) is 4.15. The minimum absolute atomic E-state index is 0.549. The molecule has 0 amide bonds. The van der Waals surface area contributed by atoms with Crippen molar-refractivity contribution >= 4 is 11.3 Å². The quantitative estimate of drug-likeness (QED) is 0.785. The van der Waals surface area contributed by atoms with Gasteiger partial charge in [-0.3, -0.25) is 4.68 Å². The monoisotopic (exact) mass is 250 g/mol. The Balaban J connectivity index is 1.77. The van der Waals surface area contributed by atoms with Crippen molar-refractivity contribution in [2.75, 3.05) is 13.6 Å². The zero-order chi connectivity index (χ0) is 12.1. The Hall–Kier alpha value is -1.20. The number of hydrogen-bond donors (Lipinski definition) is 0. The number of nitrogens with zero attached hydrogens (tertiary/aromatic N) is 4. The first-order valence-corrected chi connectivity index (χ1v) is 6.73. The summed E-state index contributed by atoms with van der Waals surface area (Å²) in [6.07, 6.45) is 4.45. The lowest BCUT2D eigenvalue weighted by Crippen LogP contribution is -2.33. The van der Waals surface area contributed by atoms with Crippen molar-refractivity contribution in [1.29, 1.82) is 0 Å². The maximum Gasteiger partial charge on any atom is 0.137 e. The first-order chi connectivity index (χ1) is 8.25. The lowest BCUT2D eigenvalue weighted by Gasteiger charge is -2.24. The van der Waals surface area contributed by atoms with E-state index in [2.05, 4.69) is 45.8 Å². The molecule has 0 aromatic carbocycles. The van der Waals surface area contributed by atoms with E-state index in [9.17, 15) is 0 Å². The number of rotatable bonds is 6. The summed E-state index contributed by atoms with van der Waals surface area (Å²) in [7, 11) is 2.16. The van der Waals surface area contributed by atoms with Gasteiger partial charge in [0.2, 0.25) is 0 Å². The molecular formula is C12H18N4S. The molecule has 1 unspecified atom stereocenters. The molecule has 0 spiro atoms. The van der Waals surface area contributed by atoms with Gasteiger partial charge in [0.1, 0.15) is 12.7 Å². The summed E-state index contributed by atoms with van der Waals surface area (Å²) in [4.78, 5) is 6.30. The summed E-state index contributed by atoms with van der Waals surface area (Å²) in [6, 6.07) is 2.75. The second-order valence-corrected chi connectivity index (χ2v) is 5.10. The van der Waals surface area contributed by atoms with Gasteiger partial charge >= 0.3 is 0 Å². The zero-order valence-electron chi connectivity index (χ0n) is 10.3. The third-order valence-electron chi connectivity index (χ3n) is 3.01. The standard InChI is InChI=1S/C12H18N4S/c1-11(7-12-3-6-17-8-12)15(2)4-5-16-10-13-9-14-16/h3,6,8-11H,4-5,7H2,1-2H3. The SMILES string of the molecule is CC(Cc1ccsc1)N(C)CCn1cncn1. The van der Waals surface area contributed by atoms with Crippen molar-refractivity contribution in [2.24, 2.45) is 0 Å². The largest absolute Gasteiger partial charge is 0.302 e. The van der Waals surface area contributed by atoms with Gasteiger partial charge in [0.05, 0.1) is 6.54 Å². The molecule has 0 aliphatic carbocycles. The molecule has 0 fully saturated rings. The van der Waals surface area contributed by atoms with Gasteiger partial charge in [-0.15, -0.1) is 0 Å². The molecule has 0 aliphatic rings. The molecule has 0 saturated heterocycles. The summed E-state index contributed by atoms with van der Waals surface area (Å²) in [5.74, 6) is 0. The predicted molar refractivity (Wildman–Crippen MR) is 70.1 cm³/mol. The summed E-state index contributed by atoms with van der Waals surface area (Å²) in [5, 5.41) is 8.46. The van der Waals surface area contributed by atoms with E-state index >= 15 is 0 Å². The molecule has 2 heterocycles. The molecule has 5 heteroatoms. The van der Waals surface area contributed by atoms with E-state index in [-0.39, 0.29) is 0 Å². The lowest BCUT2D eigenvalue weighted by atomic mass is 10.1. The van der Waals surface area contributed by atoms with E-state index in [0.29, 0.717) is 6.04 Å². The van der Waals surface area contributed by atoms with Gasteiger partial charge in [-0.25, -0.2) is 4.98 Å². The number of thiophene rings is 1. The van der Waals surface area contributed by atoms with Crippen LogP contribution < -0.4 is 0 Å². The van der Waals surface area contributed by atoms with Gasteiger partial charge in [-0.1, -0.05) is 0 Å². The molecular weight excluding hydrogens is 232 g/mol. The molecule has 2 aromatic rings. The fourth-order valence-corrected chi connectivity index (χ4v) is 2.42. The second-order valence-electron chi connectivity index (χ2n) is 4.32. The number of hydrogen-bond acceptors (Lipinski definition) is 4. The molecule has 0 bridgehead atoms. The van der Waals surface area contributed by atoms with Crippen LogP contribution in [0.1, 0.15) is 12.5 Å². The molecule has 2 rings (SSSR count). The van der Waals surface area contributed by atoms with Gasteiger partial charge in [-0.2, -0.15) is 16.4 Å². The summed E-state index contributed by atoms with van der Waals surface area (Å²) < 4.78 is 1.87. The van der Waals surface area contributed by atoms with Gasteiger partial charge in [0.15, 0.2) is 0 Å².